The number of nitrogens with zero attached hydrogens (tertiary/aromatic N) is 5. The summed E-state index contributed by atoms with van der Waals surface area (Å²) in [7, 11) is 0. The van der Waals surface area contributed by atoms with Gasteiger partial charge in [-0.25, -0.2) is 9.97 Å². The van der Waals surface area contributed by atoms with E-state index in [1.165, 1.54) is 5.56 Å². The Morgan fingerprint density at radius 2 is 1.78 bits per heavy atom. The molecule has 0 bridgehead atoms. The van der Waals surface area contributed by atoms with Crippen molar-refractivity contribution >= 4 is 46.7 Å². The molecule has 2 aromatic rings. The second-order valence-corrected chi connectivity index (χ2v) is 10.4. The summed E-state index contributed by atoms with van der Waals surface area (Å²) in [5.41, 5.74) is 12.3. The smallest absolute Gasteiger partial charge is 0.274 e. The van der Waals surface area contributed by atoms with Crippen LogP contribution in [0.1, 0.15) is 42.2 Å². The van der Waals surface area contributed by atoms with Gasteiger partial charge in [-0.3, -0.25) is 19.4 Å². The van der Waals surface area contributed by atoms with Gasteiger partial charge in [0.05, 0.1) is 6.54 Å². The summed E-state index contributed by atoms with van der Waals surface area (Å²) in [6, 6.07) is 8.98. The lowest BCUT2D eigenvalue weighted by atomic mass is 9.98. The minimum absolute atomic E-state index is 0.0371. The number of piperidine rings is 1. The fourth-order valence-corrected chi connectivity index (χ4v) is 5.57. The van der Waals surface area contributed by atoms with E-state index in [9.17, 15) is 9.59 Å². The SMILES string of the molecule is CC[C@H]1CN(c2nc(N)c(C(=O)NCC(N)=O)nc2Cl)CCN1C1CCN(Cc2ccc(Cl)cc2)CC1. The van der Waals surface area contributed by atoms with Crippen molar-refractivity contribution in [3.8, 4) is 0 Å². The zero-order valence-corrected chi connectivity index (χ0v) is 22.5. The van der Waals surface area contributed by atoms with Gasteiger partial charge in [0.2, 0.25) is 5.91 Å². The third kappa shape index (κ3) is 6.81. The standard InChI is InChI=1S/C25H34Cl2N8O2/c1-2-18-15-34(24-22(27)31-21(23(29)32-24)25(37)30-13-20(28)36)11-12-35(18)19-7-9-33(10-8-19)14-16-3-5-17(26)6-4-16/h3-6,18-19H,2,7-15H2,1H3,(H2,28,36)(H2,29,32)(H,30,37)/t18-/m0/s1. The number of anilines is 2. The first-order valence-corrected chi connectivity index (χ1v) is 13.4. The van der Waals surface area contributed by atoms with E-state index in [2.05, 4.69) is 49.0 Å². The number of halogens is 2. The Morgan fingerprint density at radius 3 is 2.43 bits per heavy atom. The average molecular weight is 550 g/mol. The number of carbonyl (C=O) groups is 2. The number of nitrogens with one attached hydrogen (secondary N) is 1. The van der Waals surface area contributed by atoms with E-state index in [4.69, 9.17) is 34.7 Å². The number of nitrogen functional groups attached to an aromatic ring is 1. The van der Waals surface area contributed by atoms with Gasteiger partial charge in [0.15, 0.2) is 22.5 Å². The lowest BCUT2D eigenvalue weighted by Crippen LogP contribution is -2.58. The van der Waals surface area contributed by atoms with Gasteiger partial charge in [-0.1, -0.05) is 42.3 Å². The maximum absolute atomic E-state index is 12.3. The Balaban J connectivity index is 1.35. The molecule has 5 N–H and O–H groups in total. The number of nitrogens with two attached hydrogens (primary N) is 2. The Hall–Kier alpha value is -2.66. The van der Waals surface area contributed by atoms with Crippen molar-refractivity contribution in [3.05, 3.63) is 45.7 Å². The molecule has 2 saturated heterocycles. The summed E-state index contributed by atoms with van der Waals surface area (Å²) < 4.78 is 0. The minimum atomic E-state index is -0.668. The van der Waals surface area contributed by atoms with E-state index < -0.39 is 11.8 Å². The number of aromatic nitrogens is 2. The number of rotatable bonds is 8. The van der Waals surface area contributed by atoms with Crippen LogP contribution in [-0.4, -0.2) is 82.9 Å². The van der Waals surface area contributed by atoms with E-state index in [-0.39, 0.29) is 23.2 Å². The van der Waals surface area contributed by atoms with Crippen molar-refractivity contribution in [2.45, 2.75) is 44.8 Å². The van der Waals surface area contributed by atoms with Crippen LogP contribution in [0.25, 0.3) is 0 Å². The monoisotopic (exact) mass is 548 g/mol. The van der Waals surface area contributed by atoms with Gasteiger partial charge in [-0.2, -0.15) is 0 Å². The van der Waals surface area contributed by atoms with Crippen molar-refractivity contribution in [2.75, 3.05) is 49.9 Å². The highest BCUT2D eigenvalue weighted by Gasteiger charge is 2.34. The van der Waals surface area contributed by atoms with Gasteiger partial charge >= 0.3 is 0 Å². The van der Waals surface area contributed by atoms with Gasteiger partial charge in [0.1, 0.15) is 0 Å². The molecule has 0 saturated carbocycles. The van der Waals surface area contributed by atoms with Crippen LogP contribution in [-0.2, 0) is 11.3 Å². The highest BCUT2D eigenvalue weighted by Crippen LogP contribution is 2.30. The van der Waals surface area contributed by atoms with Crippen molar-refractivity contribution in [3.63, 3.8) is 0 Å². The van der Waals surface area contributed by atoms with E-state index in [1.54, 1.807) is 0 Å². The third-order valence-electron chi connectivity index (χ3n) is 7.15. The predicted molar refractivity (Wildman–Crippen MR) is 146 cm³/mol. The highest BCUT2D eigenvalue weighted by molar-refractivity contribution is 6.32. The number of piperazine rings is 1. The first kappa shape index (κ1) is 27.4. The van der Waals surface area contributed by atoms with Crippen molar-refractivity contribution in [2.24, 2.45) is 5.73 Å². The maximum atomic E-state index is 12.3. The Bertz CT molecular complexity index is 1110. The molecule has 0 radical (unpaired) electrons. The number of hydrogen-bond donors (Lipinski definition) is 3. The van der Waals surface area contributed by atoms with Gasteiger partial charge in [-0.15, -0.1) is 0 Å². The van der Waals surface area contributed by atoms with Gasteiger partial charge < -0.3 is 21.7 Å². The molecular weight excluding hydrogens is 515 g/mol. The highest BCUT2D eigenvalue weighted by atomic mass is 35.5. The first-order chi connectivity index (χ1) is 17.7. The second kappa shape index (κ2) is 12.3. The van der Waals surface area contributed by atoms with Crippen LogP contribution >= 0.6 is 23.2 Å². The molecule has 2 aliphatic rings. The van der Waals surface area contributed by atoms with Crippen molar-refractivity contribution in [1.82, 2.24) is 25.1 Å². The summed E-state index contributed by atoms with van der Waals surface area (Å²) >= 11 is 12.5. The van der Waals surface area contributed by atoms with E-state index >= 15 is 0 Å². The molecule has 37 heavy (non-hydrogen) atoms. The number of amides is 2. The van der Waals surface area contributed by atoms with Gasteiger partial charge in [0, 0.05) is 43.3 Å². The molecule has 1 aromatic heterocycles. The van der Waals surface area contributed by atoms with Crippen LogP contribution in [0.4, 0.5) is 11.6 Å². The normalized spacial score (nSPS) is 19.6. The largest absolute Gasteiger partial charge is 0.382 e. The van der Waals surface area contributed by atoms with Crippen LogP contribution in [0, 0.1) is 0 Å². The number of hydrogen-bond acceptors (Lipinski definition) is 8. The summed E-state index contributed by atoms with van der Waals surface area (Å²) in [4.78, 5) is 39.0. The van der Waals surface area contributed by atoms with Crippen molar-refractivity contribution < 1.29 is 9.59 Å². The molecule has 12 heteroatoms. The van der Waals surface area contributed by atoms with Crippen LogP contribution in [0.3, 0.4) is 0 Å². The van der Waals surface area contributed by atoms with Crippen LogP contribution in [0.5, 0.6) is 0 Å². The molecule has 200 valence electrons. The van der Waals surface area contributed by atoms with E-state index in [0.29, 0.717) is 17.9 Å². The van der Waals surface area contributed by atoms with E-state index in [0.717, 1.165) is 63.6 Å². The molecule has 2 aliphatic heterocycles. The fraction of sp³-hybridized carbons (Fsp3) is 0.520. The molecule has 1 atom stereocenters. The zero-order valence-electron chi connectivity index (χ0n) is 21.0. The average Bonchev–Trinajstić information content (AvgIpc) is 2.89. The Morgan fingerprint density at radius 1 is 1.08 bits per heavy atom. The summed E-state index contributed by atoms with van der Waals surface area (Å²) in [5, 5.41) is 3.23. The Kier molecular flexibility index (Phi) is 9.07. The van der Waals surface area contributed by atoms with Gasteiger partial charge in [-0.05, 0) is 50.0 Å². The number of primary amides is 1. The molecule has 2 fully saturated rings. The van der Waals surface area contributed by atoms with Gasteiger partial charge in [0.25, 0.3) is 5.91 Å². The molecule has 0 aliphatic carbocycles. The third-order valence-corrected chi connectivity index (χ3v) is 7.65. The van der Waals surface area contributed by atoms with Crippen LogP contribution < -0.4 is 21.7 Å². The topological polar surface area (TPSA) is 134 Å². The van der Waals surface area contributed by atoms with E-state index in [1.807, 2.05) is 12.1 Å². The molecular formula is C25H34Cl2N8O2. The fourth-order valence-electron chi connectivity index (χ4n) is 5.20. The molecule has 4 rings (SSSR count). The quantitative estimate of drug-likeness (QED) is 0.456. The summed E-state index contributed by atoms with van der Waals surface area (Å²) in [6.07, 6.45) is 3.26. The lowest BCUT2D eigenvalue weighted by molar-refractivity contribution is -0.117. The Labute approximate surface area is 227 Å². The maximum Gasteiger partial charge on any atom is 0.274 e. The molecule has 1 aromatic carbocycles. The molecule has 0 spiro atoms. The molecule has 2 amide bonds. The van der Waals surface area contributed by atoms with Crippen molar-refractivity contribution in [1.29, 1.82) is 0 Å². The first-order valence-electron chi connectivity index (χ1n) is 12.6. The second-order valence-electron chi connectivity index (χ2n) is 9.60. The van der Waals surface area contributed by atoms with Crippen LogP contribution in [0.2, 0.25) is 10.2 Å². The number of likely N-dealkylation sites (tertiary alicyclic amines) is 1. The minimum Gasteiger partial charge on any atom is -0.382 e. The zero-order chi connectivity index (χ0) is 26.5. The molecule has 0 unspecified atom stereocenters. The molecule has 3 heterocycles. The van der Waals surface area contributed by atoms with Crippen LogP contribution in [0.15, 0.2) is 24.3 Å². The number of carbonyl (C=O) groups excluding carboxylic acids is 2. The molecule has 10 nitrogen and oxygen atoms in total. The predicted octanol–water partition coefficient (Wildman–Crippen LogP) is 2.15. The lowest BCUT2D eigenvalue weighted by Gasteiger charge is -2.47. The summed E-state index contributed by atoms with van der Waals surface area (Å²) in [6.45, 7) is 7.34. The number of benzene rings is 1. The summed E-state index contributed by atoms with van der Waals surface area (Å²) in [5.74, 6) is -0.874.